The highest BCUT2D eigenvalue weighted by molar-refractivity contribution is 7.89. The number of carbonyl (C=O) groups is 1. The Morgan fingerprint density at radius 2 is 2.06 bits per heavy atom. The van der Waals surface area contributed by atoms with Gasteiger partial charge in [0, 0.05) is 26.7 Å². The molecule has 6 heteroatoms. The molecule has 5 nitrogen and oxygen atoms in total. The largest absolute Gasteiger partial charge is 0.383 e. The molecule has 98 valence electrons. The van der Waals surface area contributed by atoms with Crippen molar-refractivity contribution in [2.24, 2.45) is 5.14 Å². The average Bonchev–Trinajstić information content (AvgIpc) is 2.25. The summed E-state index contributed by atoms with van der Waals surface area (Å²) < 4.78 is 22.3. The van der Waals surface area contributed by atoms with Crippen LogP contribution in [0.1, 0.15) is 5.56 Å². The van der Waals surface area contributed by atoms with Crippen LogP contribution in [0.2, 0.25) is 0 Å². The van der Waals surface area contributed by atoms with Crippen molar-refractivity contribution in [2.45, 2.75) is 11.3 Å². The Hall–Kier alpha value is -1.66. The lowest BCUT2D eigenvalue weighted by Crippen LogP contribution is -2.12. The summed E-state index contributed by atoms with van der Waals surface area (Å²) >= 11 is 0. The maximum Gasteiger partial charge on any atom is 0.238 e. The fraction of sp³-hybridized carbons (Fsp3) is 0.250. The standard InChI is InChI=1S/C12H16N2O3S/c1-14(2)7-6-11(15)8-10-4-3-5-12(9-10)18(13,16)17/h3-7,9H,8H2,1-2H3,(H2,13,16,17). The summed E-state index contributed by atoms with van der Waals surface area (Å²) in [4.78, 5) is 13.4. The maximum absolute atomic E-state index is 11.6. The van der Waals surface area contributed by atoms with E-state index in [0.717, 1.165) is 0 Å². The molecule has 0 aliphatic carbocycles. The number of hydrogen-bond acceptors (Lipinski definition) is 4. The van der Waals surface area contributed by atoms with E-state index in [9.17, 15) is 13.2 Å². The van der Waals surface area contributed by atoms with Crippen LogP contribution in [0.4, 0.5) is 0 Å². The molecule has 0 unspecified atom stereocenters. The number of hydrogen-bond donors (Lipinski definition) is 1. The number of benzene rings is 1. The molecule has 0 fully saturated rings. The minimum Gasteiger partial charge on any atom is -0.383 e. The van der Waals surface area contributed by atoms with Crippen molar-refractivity contribution in [3.8, 4) is 0 Å². The van der Waals surface area contributed by atoms with E-state index >= 15 is 0 Å². The molecule has 0 aromatic heterocycles. The Kier molecular flexibility index (Phi) is 4.63. The maximum atomic E-state index is 11.6. The molecule has 2 N–H and O–H groups in total. The van der Waals surface area contributed by atoms with Crippen molar-refractivity contribution < 1.29 is 13.2 Å². The van der Waals surface area contributed by atoms with Gasteiger partial charge in [-0.25, -0.2) is 13.6 Å². The molecule has 0 atom stereocenters. The summed E-state index contributed by atoms with van der Waals surface area (Å²) in [7, 11) is -0.103. The highest BCUT2D eigenvalue weighted by atomic mass is 32.2. The Balaban J connectivity index is 2.84. The van der Waals surface area contributed by atoms with Crippen molar-refractivity contribution in [1.29, 1.82) is 0 Å². The summed E-state index contributed by atoms with van der Waals surface area (Å²) in [6.45, 7) is 0. The van der Waals surface area contributed by atoms with Crippen LogP contribution >= 0.6 is 0 Å². The topological polar surface area (TPSA) is 80.5 Å². The molecular weight excluding hydrogens is 252 g/mol. The quantitative estimate of drug-likeness (QED) is 0.789. The fourth-order valence-electron chi connectivity index (χ4n) is 1.32. The van der Waals surface area contributed by atoms with Crippen LogP contribution in [0.15, 0.2) is 41.4 Å². The molecule has 0 amide bonds. The minimum absolute atomic E-state index is 0.0180. The van der Waals surface area contributed by atoms with Crippen LogP contribution in [0.25, 0.3) is 0 Å². The van der Waals surface area contributed by atoms with Crippen LogP contribution in [0.5, 0.6) is 0 Å². The molecule has 0 radical (unpaired) electrons. The number of sulfonamides is 1. The summed E-state index contributed by atoms with van der Waals surface area (Å²) in [6.07, 6.45) is 3.24. The highest BCUT2D eigenvalue weighted by Gasteiger charge is 2.09. The van der Waals surface area contributed by atoms with Crippen molar-refractivity contribution in [3.05, 3.63) is 42.1 Å². The van der Waals surface area contributed by atoms with Crippen molar-refractivity contribution in [2.75, 3.05) is 14.1 Å². The van der Waals surface area contributed by atoms with Crippen LogP contribution in [-0.4, -0.2) is 33.2 Å². The smallest absolute Gasteiger partial charge is 0.238 e. The molecule has 18 heavy (non-hydrogen) atoms. The van der Waals surface area contributed by atoms with Crippen LogP contribution < -0.4 is 5.14 Å². The second-order valence-corrected chi connectivity index (χ2v) is 5.68. The molecule has 0 saturated carbocycles. The van der Waals surface area contributed by atoms with Crippen LogP contribution in [0.3, 0.4) is 0 Å². The number of carbonyl (C=O) groups excluding carboxylic acids is 1. The van der Waals surface area contributed by atoms with E-state index < -0.39 is 10.0 Å². The number of rotatable bonds is 5. The zero-order chi connectivity index (χ0) is 13.8. The fourth-order valence-corrected chi connectivity index (χ4v) is 1.91. The Labute approximate surface area is 107 Å². The number of nitrogens with zero attached hydrogens (tertiary/aromatic N) is 1. The molecule has 0 bridgehead atoms. The van der Waals surface area contributed by atoms with Gasteiger partial charge in [0.15, 0.2) is 5.78 Å². The van der Waals surface area contributed by atoms with Crippen molar-refractivity contribution >= 4 is 15.8 Å². The molecular formula is C12H16N2O3S. The van der Waals surface area contributed by atoms with Crippen LogP contribution in [-0.2, 0) is 21.2 Å². The Bertz CT molecular complexity index is 562. The Morgan fingerprint density at radius 1 is 1.39 bits per heavy atom. The highest BCUT2D eigenvalue weighted by Crippen LogP contribution is 2.10. The summed E-state index contributed by atoms with van der Waals surface area (Å²) in [5.41, 5.74) is 0.620. The summed E-state index contributed by atoms with van der Waals surface area (Å²) in [6, 6.07) is 6.07. The normalized spacial score (nSPS) is 11.7. The van der Waals surface area contributed by atoms with Gasteiger partial charge in [0.25, 0.3) is 0 Å². The number of primary sulfonamides is 1. The zero-order valence-electron chi connectivity index (χ0n) is 10.3. The van der Waals surface area contributed by atoms with Gasteiger partial charge in [0.1, 0.15) is 0 Å². The van der Waals surface area contributed by atoms with Gasteiger partial charge in [0.2, 0.25) is 10.0 Å². The van der Waals surface area contributed by atoms with E-state index in [1.165, 1.54) is 18.2 Å². The molecule has 0 saturated heterocycles. The average molecular weight is 268 g/mol. The van der Waals surface area contributed by atoms with Crippen molar-refractivity contribution in [1.82, 2.24) is 4.90 Å². The van der Waals surface area contributed by atoms with E-state index in [-0.39, 0.29) is 17.1 Å². The third-order valence-electron chi connectivity index (χ3n) is 2.16. The number of nitrogens with two attached hydrogens (primary N) is 1. The predicted molar refractivity (Wildman–Crippen MR) is 69.4 cm³/mol. The lowest BCUT2D eigenvalue weighted by Gasteiger charge is -2.04. The molecule has 0 spiro atoms. The molecule has 1 rings (SSSR count). The zero-order valence-corrected chi connectivity index (χ0v) is 11.1. The number of ketones is 1. The third kappa shape index (κ3) is 4.68. The third-order valence-corrected chi connectivity index (χ3v) is 3.07. The molecule has 0 aliphatic heterocycles. The SMILES string of the molecule is CN(C)C=CC(=O)Cc1cccc(S(N)(=O)=O)c1. The summed E-state index contributed by atoms with van der Waals surface area (Å²) in [5.74, 6) is -0.102. The monoisotopic (exact) mass is 268 g/mol. The van der Waals surface area contributed by atoms with Gasteiger partial charge < -0.3 is 4.90 Å². The van der Waals surface area contributed by atoms with E-state index in [0.29, 0.717) is 5.56 Å². The lowest BCUT2D eigenvalue weighted by atomic mass is 10.1. The van der Waals surface area contributed by atoms with E-state index in [2.05, 4.69) is 0 Å². The molecule has 0 heterocycles. The Morgan fingerprint density at radius 3 is 2.61 bits per heavy atom. The second kappa shape index (κ2) is 5.79. The number of allylic oxidation sites excluding steroid dienone is 1. The van der Waals surface area contributed by atoms with Crippen molar-refractivity contribution in [3.63, 3.8) is 0 Å². The predicted octanol–water partition coefficient (Wildman–Crippen LogP) is 0.521. The van der Waals surface area contributed by atoms with Gasteiger partial charge >= 0.3 is 0 Å². The molecule has 1 aromatic carbocycles. The van der Waals surface area contributed by atoms with Gasteiger partial charge in [-0.1, -0.05) is 12.1 Å². The molecule has 1 aromatic rings. The van der Waals surface area contributed by atoms with Gasteiger partial charge in [-0.15, -0.1) is 0 Å². The second-order valence-electron chi connectivity index (χ2n) is 4.11. The first-order valence-electron chi connectivity index (χ1n) is 5.28. The summed E-state index contributed by atoms with van der Waals surface area (Å²) in [5, 5.41) is 5.02. The lowest BCUT2D eigenvalue weighted by molar-refractivity contribution is -0.114. The van der Waals surface area contributed by atoms with Gasteiger partial charge in [-0.2, -0.15) is 0 Å². The van der Waals surface area contributed by atoms with E-state index in [1.807, 2.05) is 14.1 Å². The molecule has 0 aliphatic rings. The van der Waals surface area contributed by atoms with Crippen LogP contribution in [0, 0.1) is 0 Å². The van der Waals surface area contributed by atoms with Gasteiger partial charge in [-0.3, -0.25) is 4.79 Å². The van der Waals surface area contributed by atoms with Gasteiger partial charge in [-0.05, 0) is 23.8 Å². The van der Waals surface area contributed by atoms with E-state index in [4.69, 9.17) is 5.14 Å². The van der Waals surface area contributed by atoms with Gasteiger partial charge in [0.05, 0.1) is 4.90 Å². The minimum atomic E-state index is -3.72. The van der Waals surface area contributed by atoms with E-state index in [1.54, 1.807) is 23.2 Å². The first-order chi connectivity index (χ1) is 8.29. The first kappa shape index (κ1) is 14.4. The first-order valence-corrected chi connectivity index (χ1v) is 6.83.